The Bertz CT molecular complexity index is 660. The number of aromatic nitrogens is 3. The molecule has 5 nitrogen and oxygen atoms in total. The van der Waals surface area contributed by atoms with Crippen LogP contribution in [0.15, 0.2) is 24.5 Å². The quantitative estimate of drug-likeness (QED) is 0.947. The lowest BCUT2D eigenvalue weighted by Crippen LogP contribution is -2.39. The van der Waals surface area contributed by atoms with Crippen LogP contribution in [0.1, 0.15) is 36.7 Å². The summed E-state index contributed by atoms with van der Waals surface area (Å²) in [7, 11) is 0. The van der Waals surface area contributed by atoms with Gasteiger partial charge in [-0.25, -0.2) is 13.8 Å². The van der Waals surface area contributed by atoms with Crippen LogP contribution in [-0.2, 0) is 11.2 Å². The number of piperidine rings is 1. The van der Waals surface area contributed by atoms with Gasteiger partial charge in [0.05, 0.1) is 12.5 Å². The van der Waals surface area contributed by atoms with E-state index in [2.05, 4.69) is 15.2 Å². The summed E-state index contributed by atoms with van der Waals surface area (Å²) in [5.41, 5.74) is 0.464. The Balaban J connectivity index is 1.75. The van der Waals surface area contributed by atoms with Crippen molar-refractivity contribution >= 4 is 5.91 Å². The molecule has 0 spiro atoms. The number of nitrogens with one attached hydrogen (secondary N) is 1. The molecule has 0 saturated carbocycles. The first-order valence-corrected chi connectivity index (χ1v) is 7.24. The smallest absolute Gasteiger partial charge is 0.227 e. The van der Waals surface area contributed by atoms with Gasteiger partial charge in [-0.05, 0) is 37.0 Å². The van der Waals surface area contributed by atoms with Gasteiger partial charge in [0.2, 0.25) is 5.91 Å². The monoisotopic (exact) mass is 306 g/mol. The molecule has 0 aliphatic carbocycles. The van der Waals surface area contributed by atoms with Gasteiger partial charge in [0.15, 0.2) is 11.6 Å². The highest BCUT2D eigenvalue weighted by Gasteiger charge is 2.29. The van der Waals surface area contributed by atoms with E-state index in [0.717, 1.165) is 31.4 Å². The third-order valence-electron chi connectivity index (χ3n) is 3.91. The highest BCUT2D eigenvalue weighted by atomic mass is 19.2. The van der Waals surface area contributed by atoms with E-state index < -0.39 is 11.6 Å². The summed E-state index contributed by atoms with van der Waals surface area (Å²) in [6.07, 6.45) is 4.22. The number of H-pyrrole nitrogens is 1. The highest BCUT2D eigenvalue weighted by Crippen LogP contribution is 2.29. The molecule has 1 saturated heterocycles. The Morgan fingerprint density at radius 3 is 2.91 bits per heavy atom. The van der Waals surface area contributed by atoms with Crippen LogP contribution in [0.3, 0.4) is 0 Å². The minimum absolute atomic E-state index is 0.0435. The third-order valence-corrected chi connectivity index (χ3v) is 3.91. The molecular weight excluding hydrogens is 290 g/mol. The molecule has 1 atom stereocenters. The highest BCUT2D eigenvalue weighted by molar-refractivity contribution is 5.79. The molecule has 1 aromatic heterocycles. The fraction of sp³-hybridized carbons (Fsp3) is 0.400. The second-order valence-corrected chi connectivity index (χ2v) is 5.39. The molecule has 2 aromatic rings. The van der Waals surface area contributed by atoms with Crippen LogP contribution < -0.4 is 0 Å². The SMILES string of the molecule is O=C(Cc1ccc(F)c(F)c1)N1CCCC[C@@H]1c1ncn[nH]1. The van der Waals surface area contributed by atoms with Crippen molar-refractivity contribution in [1.29, 1.82) is 0 Å². The van der Waals surface area contributed by atoms with E-state index in [1.54, 1.807) is 4.90 Å². The average Bonchev–Trinajstić information content (AvgIpc) is 3.05. The van der Waals surface area contributed by atoms with Gasteiger partial charge in [0.25, 0.3) is 0 Å². The fourth-order valence-corrected chi connectivity index (χ4v) is 2.82. The Kier molecular flexibility index (Phi) is 4.13. The van der Waals surface area contributed by atoms with Crippen LogP contribution in [0.5, 0.6) is 0 Å². The lowest BCUT2D eigenvalue weighted by atomic mass is 10.00. The molecule has 0 unspecified atom stereocenters. The summed E-state index contributed by atoms with van der Waals surface area (Å²) in [6.45, 7) is 0.633. The molecule has 2 heterocycles. The van der Waals surface area contributed by atoms with E-state index in [-0.39, 0.29) is 18.4 Å². The molecule has 0 bridgehead atoms. The number of halogens is 2. The first-order valence-electron chi connectivity index (χ1n) is 7.24. The van der Waals surface area contributed by atoms with E-state index >= 15 is 0 Å². The minimum Gasteiger partial charge on any atom is -0.332 e. The number of likely N-dealkylation sites (tertiary alicyclic amines) is 1. The molecule has 1 aliphatic heterocycles. The maximum Gasteiger partial charge on any atom is 0.227 e. The molecule has 3 rings (SSSR count). The third kappa shape index (κ3) is 2.98. The maximum absolute atomic E-state index is 13.2. The van der Waals surface area contributed by atoms with Crippen molar-refractivity contribution in [1.82, 2.24) is 20.1 Å². The Morgan fingerprint density at radius 1 is 1.32 bits per heavy atom. The van der Waals surface area contributed by atoms with Gasteiger partial charge in [-0.1, -0.05) is 6.07 Å². The van der Waals surface area contributed by atoms with E-state index in [0.29, 0.717) is 17.9 Å². The van der Waals surface area contributed by atoms with Crippen molar-refractivity contribution in [3.8, 4) is 0 Å². The predicted molar refractivity (Wildman–Crippen MR) is 74.7 cm³/mol. The van der Waals surface area contributed by atoms with Crippen molar-refractivity contribution < 1.29 is 13.6 Å². The van der Waals surface area contributed by atoms with Crippen LogP contribution in [0.4, 0.5) is 8.78 Å². The van der Waals surface area contributed by atoms with Crippen molar-refractivity contribution in [2.75, 3.05) is 6.54 Å². The standard InChI is InChI=1S/C15H16F2N4O/c16-11-5-4-10(7-12(11)17)8-14(22)21-6-2-1-3-13(21)15-18-9-19-20-15/h4-5,7,9,13H,1-3,6,8H2,(H,18,19,20)/t13-/m1/s1. The Morgan fingerprint density at radius 2 is 2.18 bits per heavy atom. The summed E-state index contributed by atoms with van der Waals surface area (Å²) < 4.78 is 26.2. The van der Waals surface area contributed by atoms with Gasteiger partial charge in [0.1, 0.15) is 12.2 Å². The van der Waals surface area contributed by atoms with Gasteiger partial charge < -0.3 is 4.90 Å². The minimum atomic E-state index is -0.935. The van der Waals surface area contributed by atoms with Gasteiger partial charge in [-0.2, -0.15) is 5.10 Å². The van der Waals surface area contributed by atoms with E-state index in [1.807, 2.05) is 0 Å². The summed E-state index contributed by atoms with van der Waals surface area (Å²) >= 11 is 0. The first-order chi connectivity index (χ1) is 10.6. The average molecular weight is 306 g/mol. The van der Waals surface area contributed by atoms with E-state index in [4.69, 9.17) is 0 Å². The molecule has 1 aliphatic rings. The second-order valence-electron chi connectivity index (χ2n) is 5.39. The van der Waals surface area contributed by atoms with Gasteiger partial charge >= 0.3 is 0 Å². The van der Waals surface area contributed by atoms with E-state index in [9.17, 15) is 13.6 Å². The van der Waals surface area contributed by atoms with E-state index in [1.165, 1.54) is 12.4 Å². The molecule has 22 heavy (non-hydrogen) atoms. The normalized spacial score (nSPS) is 18.5. The number of amides is 1. The number of benzene rings is 1. The molecule has 7 heteroatoms. The molecule has 1 fully saturated rings. The zero-order valence-corrected chi connectivity index (χ0v) is 11.9. The lowest BCUT2D eigenvalue weighted by molar-refractivity contribution is -0.134. The van der Waals surface area contributed by atoms with Crippen LogP contribution in [0, 0.1) is 11.6 Å². The number of rotatable bonds is 3. The van der Waals surface area contributed by atoms with Crippen molar-refractivity contribution in [3.05, 3.63) is 47.5 Å². The molecule has 1 aromatic carbocycles. The zero-order chi connectivity index (χ0) is 15.5. The summed E-state index contributed by atoms with van der Waals surface area (Å²) in [5, 5.41) is 6.64. The maximum atomic E-state index is 13.2. The van der Waals surface area contributed by atoms with Gasteiger partial charge in [-0.15, -0.1) is 0 Å². The van der Waals surface area contributed by atoms with Crippen molar-refractivity contribution in [2.45, 2.75) is 31.7 Å². The summed E-state index contributed by atoms with van der Waals surface area (Å²) in [6, 6.07) is 3.42. The lowest BCUT2D eigenvalue weighted by Gasteiger charge is -2.34. The largest absolute Gasteiger partial charge is 0.332 e. The number of carbonyl (C=O) groups excluding carboxylic acids is 1. The molecule has 0 radical (unpaired) electrons. The van der Waals surface area contributed by atoms with Crippen LogP contribution in [0.25, 0.3) is 0 Å². The molecule has 1 N–H and O–H groups in total. The van der Waals surface area contributed by atoms with Crippen LogP contribution in [0.2, 0.25) is 0 Å². The summed E-state index contributed by atoms with van der Waals surface area (Å²) in [4.78, 5) is 18.4. The van der Waals surface area contributed by atoms with Gasteiger partial charge in [-0.3, -0.25) is 9.89 Å². The molecular formula is C15H16F2N4O. The number of carbonyl (C=O) groups is 1. The van der Waals surface area contributed by atoms with Crippen LogP contribution in [-0.4, -0.2) is 32.5 Å². The molecule has 1 amide bonds. The van der Waals surface area contributed by atoms with Gasteiger partial charge in [0, 0.05) is 6.54 Å². The Hall–Kier alpha value is -2.31. The Labute approximate surface area is 126 Å². The predicted octanol–water partition coefficient (Wildman–Crippen LogP) is 2.38. The fourth-order valence-electron chi connectivity index (χ4n) is 2.82. The van der Waals surface area contributed by atoms with Crippen LogP contribution >= 0.6 is 0 Å². The number of hydrogen-bond acceptors (Lipinski definition) is 3. The van der Waals surface area contributed by atoms with Crippen molar-refractivity contribution in [2.24, 2.45) is 0 Å². The topological polar surface area (TPSA) is 61.9 Å². The number of hydrogen-bond donors (Lipinski definition) is 1. The first kappa shape index (κ1) is 14.6. The zero-order valence-electron chi connectivity index (χ0n) is 11.9. The second kappa shape index (κ2) is 6.21. The number of aromatic amines is 1. The van der Waals surface area contributed by atoms with Crippen molar-refractivity contribution in [3.63, 3.8) is 0 Å². The molecule has 116 valence electrons. The number of nitrogens with zero attached hydrogens (tertiary/aromatic N) is 3. The summed E-state index contributed by atoms with van der Waals surface area (Å²) in [5.74, 6) is -1.30.